The summed E-state index contributed by atoms with van der Waals surface area (Å²) in [5, 5.41) is 0.165. The number of thioether (sulfide) groups is 1. The van der Waals surface area contributed by atoms with Gasteiger partial charge in [0.05, 0.1) is 10.9 Å². The van der Waals surface area contributed by atoms with Gasteiger partial charge in [0.2, 0.25) is 11.8 Å². The first-order valence-electron chi connectivity index (χ1n) is 8.92. The van der Waals surface area contributed by atoms with Gasteiger partial charge in [-0.3, -0.25) is 9.59 Å². The van der Waals surface area contributed by atoms with Crippen LogP contribution in [0.2, 0.25) is 5.02 Å². The van der Waals surface area contributed by atoms with Gasteiger partial charge < -0.3 is 10.5 Å². The maximum Gasteiger partial charge on any atom is 0.247 e. The standard InChI is InChI=1S/C22H17ClN2O3S/c23-14-4-8-17(9-5-14)28-18-10-6-16(7-11-18)25-21(26)13-20(22(25)27)29-19-3-1-2-15(24)12-19/h1-12,20H,13,24H2/t20-/m0/s1. The third-order valence-electron chi connectivity index (χ3n) is 4.39. The molecule has 3 aromatic rings. The predicted molar refractivity (Wildman–Crippen MR) is 116 cm³/mol. The molecule has 2 amide bonds. The Bertz CT molecular complexity index is 1050. The van der Waals surface area contributed by atoms with Crippen LogP contribution in [0.25, 0.3) is 0 Å². The van der Waals surface area contributed by atoms with Gasteiger partial charge in [0.15, 0.2) is 0 Å². The van der Waals surface area contributed by atoms with E-state index in [2.05, 4.69) is 0 Å². The number of anilines is 2. The van der Waals surface area contributed by atoms with Gasteiger partial charge >= 0.3 is 0 Å². The smallest absolute Gasteiger partial charge is 0.247 e. The molecule has 4 rings (SSSR count). The van der Waals surface area contributed by atoms with Gasteiger partial charge in [-0.2, -0.15) is 0 Å². The quantitative estimate of drug-likeness (QED) is 0.453. The Morgan fingerprint density at radius 2 is 1.62 bits per heavy atom. The lowest BCUT2D eigenvalue weighted by molar-refractivity contribution is -0.121. The van der Waals surface area contributed by atoms with E-state index in [1.54, 1.807) is 60.7 Å². The van der Waals surface area contributed by atoms with E-state index in [4.69, 9.17) is 22.1 Å². The number of carbonyl (C=O) groups is 2. The highest BCUT2D eigenvalue weighted by molar-refractivity contribution is 8.00. The van der Waals surface area contributed by atoms with E-state index < -0.39 is 5.25 Å². The van der Waals surface area contributed by atoms with Gasteiger partial charge in [-0.15, -0.1) is 11.8 Å². The fourth-order valence-corrected chi connectivity index (χ4v) is 4.27. The molecule has 1 heterocycles. The minimum atomic E-state index is -0.464. The highest BCUT2D eigenvalue weighted by Crippen LogP contribution is 2.35. The Morgan fingerprint density at radius 1 is 0.966 bits per heavy atom. The minimum absolute atomic E-state index is 0.154. The summed E-state index contributed by atoms with van der Waals surface area (Å²) in [7, 11) is 0. The van der Waals surface area contributed by atoms with Crippen LogP contribution in [0, 0.1) is 0 Å². The van der Waals surface area contributed by atoms with E-state index >= 15 is 0 Å². The summed E-state index contributed by atoms with van der Waals surface area (Å²) in [4.78, 5) is 27.4. The van der Waals surface area contributed by atoms with Crippen molar-refractivity contribution in [3.05, 3.63) is 77.8 Å². The minimum Gasteiger partial charge on any atom is -0.457 e. The number of hydrogen-bond acceptors (Lipinski definition) is 5. The molecule has 1 fully saturated rings. The molecule has 146 valence electrons. The van der Waals surface area contributed by atoms with Crippen molar-refractivity contribution < 1.29 is 14.3 Å². The molecule has 0 radical (unpaired) electrons. The Balaban J connectivity index is 1.46. The molecular formula is C22H17ClN2O3S. The van der Waals surface area contributed by atoms with Crippen LogP contribution >= 0.6 is 23.4 Å². The molecule has 0 aliphatic carbocycles. The number of nitrogens with two attached hydrogens (primary N) is 1. The van der Waals surface area contributed by atoms with Crippen molar-refractivity contribution in [3.63, 3.8) is 0 Å². The summed E-state index contributed by atoms with van der Waals surface area (Å²) in [6, 6.07) is 21.2. The van der Waals surface area contributed by atoms with Gasteiger partial charge in [0.25, 0.3) is 0 Å². The van der Waals surface area contributed by atoms with Gasteiger partial charge in [-0.25, -0.2) is 4.90 Å². The number of halogens is 1. The lowest BCUT2D eigenvalue weighted by Gasteiger charge is -2.15. The highest BCUT2D eigenvalue weighted by atomic mass is 35.5. The first-order valence-corrected chi connectivity index (χ1v) is 10.2. The first kappa shape index (κ1) is 19.4. The van der Waals surface area contributed by atoms with E-state index in [1.165, 1.54) is 16.7 Å². The average Bonchev–Trinajstić information content (AvgIpc) is 2.98. The maximum atomic E-state index is 12.8. The largest absolute Gasteiger partial charge is 0.457 e. The first-order chi connectivity index (χ1) is 14.0. The zero-order valence-electron chi connectivity index (χ0n) is 15.2. The van der Waals surface area contributed by atoms with Gasteiger partial charge in [0.1, 0.15) is 11.5 Å². The van der Waals surface area contributed by atoms with Crippen LogP contribution in [0.4, 0.5) is 11.4 Å². The fraction of sp³-hybridized carbons (Fsp3) is 0.0909. The second-order valence-electron chi connectivity index (χ2n) is 6.50. The van der Waals surface area contributed by atoms with Crippen molar-refractivity contribution in [2.24, 2.45) is 0 Å². The van der Waals surface area contributed by atoms with Crippen LogP contribution in [-0.2, 0) is 9.59 Å². The van der Waals surface area contributed by atoms with Gasteiger partial charge in [-0.1, -0.05) is 17.7 Å². The Morgan fingerprint density at radius 3 is 2.28 bits per heavy atom. The van der Waals surface area contributed by atoms with Crippen molar-refractivity contribution in [3.8, 4) is 11.5 Å². The number of ether oxygens (including phenoxy) is 1. The average molecular weight is 425 g/mol. The number of nitrogen functional groups attached to an aromatic ring is 1. The van der Waals surface area contributed by atoms with Crippen LogP contribution in [0.5, 0.6) is 11.5 Å². The van der Waals surface area contributed by atoms with E-state index in [0.717, 1.165) is 4.90 Å². The lowest BCUT2D eigenvalue weighted by Crippen LogP contribution is -2.31. The summed E-state index contributed by atoms with van der Waals surface area (Å²) in [6.07, 6.45) is 0.154. The van der Waals surface area contributed by atoms with E-state index in [0.29, 0.717) is 27.9 Å². The molecule has 0 saturated carbocycles. The van der Waals surface area contributed by atoms with Crippen molar-refractivity contribution in [2.75, 3.05) is 10.6 Å². The Labute approximate surface area is 177 Å². The third-order valence-corrected chi connectivity index (χ3v) is 5.82. The summed E-state index contributed by atoms with van der Waals surface area (Å²) < 4.78 is 5.75. The zero-order valence-corrected chi connectivity index (χ0v) is 16.8. The second kappa shape index (κ2) is 8.19. The van der Waals surface area contributed by atoms with E-state index in [1.807, 2.05) is 12.1 Å². The number of hydrogen-bond donors (Lipinski definition) is 1. The van der Waals surface area contributed by atoms with Crippen molar-refractivity contribution in [1.82, 2.24) is 0 Å². The molecule has 1 aliphatic heterocycles. The Kier molecular flexibility index (Phi) is 5.47. The summed E-state index contributed by atoms with van der Waals surface area (Å²) in [5.41, 5.74) is 6.95. The highest BCUT2D eigenvalue weighted by Gasteiger charge is 2.40. The topological polar surface area (TPSA) is 72.6 Å². The maximum absolute atomic E-state index is 12.8. The molecule has 1 aliphatic rings. The monoisotopic (exact) mass is 424 g/mol. The lowest BCUT2D eigenvalue weighted by atomic mass is 10.2. The third kappa shape index (κ3) is 4.39. The molecule has 7 heteroatoms. The summed E-state index contributed by atoms with van der Waals surface area (Å²) in [6.45, 7) is 0. The van der Waals surface area contributed by atoms with Crippen molar-refractivity contribution in [2.45, 2.75) is 16.6 Å². The van der Waals surface area contributed by atoms with Gasteiger partial charge in [-0.05, 0) is 66.7 Å². The number of nitrogens with zero attached hydrogens (tertiary/aromatic N) is 1. The summed E-state index contributed by atoms with van der Waals surface area (Å²) >= 11 is 7.23. The molecule has 29 heavy (non-hydrogen) atoms. The molecule has 2 N–H and O–H groups in total. The van der Waals surface area contributed by atoms with Gasteiger partial charge in [0, 0.05) is 22.0 Å². The number of carbonyl (C=O) groups excluding carboxylic acids is 2. The Hall–Kier alpha value is -2.96. The van der Waals surface area contributed by atoms with Crippen LogP contribution < -0.4 is 15.4 Å². The molecule has 0 spiro atoms. The molecule has 5 nitrogen and oxygen atoms in total. The molecule has 1 atom stereocenters. The summed E-state index contributed by atoms with van der Waals surface area (Å²) in [5.74, 6) is 0.798. The molecule has 0 bridgehead atoms. The van der Waals surface area contributed by atoms with Crippen LogP contribution in [0.3, 0.4) is 0 Å². The number of imide groups is 1. The zero-order chi connectivity index (χ0) is 20.4. The molecule has 0 unspecified atom stereocenters. The number of amides is 2. The SMILES string of the molecule is Nc1cccc(S[C@H]2CC(=O)N(c3ccc(Oc4ccc(Cl)cc4)cc3)C2=O)c1. The van der Waals surface area contributed by atoms with Crippen LogP contribution in [-0.4, -0.2) is 17.1 Å². The normalized spacial score (nSPS) is 16.3. The van der Waals surface area contributed by atoms with Crippen LogP contribution in [0.15, 0.2) is 77.7 Å². The van der Waals surface area contributed by atoms with Crippen LogP contribution in [0.1, 0.15) is 6.42 Å². The van der Waals surface area contributed by atoms with E-state index in [-0.39, 0.29) is 18.2 Å². The predicted octanol–water partition coefficient (Wildman–Crippen LogP) is 5.14. The molecule has 3 aromatic carbocycles. The molecule has 1 saturated heterocycles. The second-order valence-corrected chi connectivity index (χ2v) is 8.21. The van der Waals surface area contributed by atoms with E-state index in [9.17, 15) is 9.59 Å². The fourth-order valence-electron chi connectivity index (χ4n) is 3.02. The van der Waals surface area contributed by atoms with Crippen molar-refractivity contribution >= 4 is 46.6 Å². The van der Waals surface area contributed by atoms with Crippen molar-refractivity contribution in [1.29, 1.82) is 0 Å². The molecule has 0 aromatic heterocycles. The number of benzene rings is 3. The molecular weight excluding hydrogens is 408 g/mol. The number of rotatable bonds is 5.